The highest BCUT2D eigenvalue weighted by atomic mass is 19.4. The van der Waals surface area contributed by atoms with E-state index >= 15 is 4.39 Å². The van der Waals surface area contributed by atoms with Crippen LogP contribution in [0.4, 0.5) is 17.6 Å². The van der Waals surface area contributed by atoms with Crippen LogP contribution in [0.25, 0.3) is 21.9 Å². The predicted octanol–water partition coefficient (Wildman–Crippen LogP) is 8.16. The molecule has 0 atom stereocenters. The largest absolute Gasteiger partial charge is 0.494 e. The topological polar surface area (TPSA) is 18.5 Å². The van der Waals surface area contributed by atoms with Gasteiger partial charge in [-0.05, 0) is 77.2 Å². The first-order chi connectivity index (χ1) is 16.8. The molecule has 182 valence electrons. The molecule has 0 N–H and O–H groups in total. The van der Waals surface area contributed by atoms with Crippen LogP contribution in [-0.4, -0.2) is 19.4 Å². The highest BCUT2D eigenvalue weighted by molar-refractivity contribution is 5.88. The molecule has 6 heteroatoms. The van der Waals surface area contributed by atoms with E-state index in [0.29, 0.717) is 30.4 Å². The molecular formula is C29H26F4O2. The van der Waals surface area contributed by atoms with Crippen molar-refractivity contribution < 1.29 is 27.0 Å². The van der Waals surface area contributed by atoms with Crippen LogP contribution in [0.3, 0.4) is 0 Å². The summed E-state index contributed by atoms with van der Waals surface area (Å²) in [6.45, 7) is 1.42. The first kappa shape index (κ1) is 24.6. The van der Waals surface area contributed by atoms with Crippen molar-refractivity contribution in [3.8, 4) is 22.6 Å². The molecule has 0 aliphatic heterocycles. The average Bonchev–Trinajstić information content (AvgIpc) is 2.86. The van der Waals surface area contributed by atoms with Crippen LogP contribution in [0, 0.1) is 5.82 Å². The zero-order chi connectivity index (χ0) is 24.8. The van der Waals surface area contributed by atoms with Gasteiger partial charge < -0.3 is 9.47 Å². The van der Waals surface area contributed by atoms with Crippen LogP contribution in [0.2, 0.25) is 0 Å². The maximum Gasteiger partial charge on any atom is 0.422 e. The predicted molar refractivity (Wildman–Crippen MR) is 131 cm³/mol. The summed E-state index contributed by atoms with van der Waals surface area (Å²) in [7, 11) is 0. The molecule has 0 aliphatic carbocycles. The zero-order valence-corrected chi connectivity index (χ0v) is 19.4. The van der Waals surface area contributed by atoms with Gasteiger partial charge in [-0.3, -0.25) is 0 Å². The quantitative estimate of drug-likeness (QED) is 0.224. The first-order valence-electron chi connectivity index (χ1n) is 11.6. The molecule has 35 heavy (non-hydrogen) atoms. The van der Waals surface area contributed by atoms with Gasteiger partial charge in [-0.15, -0.1) is 0 Å². The first-order valence-corrected chi connectivity index (χ1v) is 11.6. The molecule has 0 fully saturated rings. The van der Waals surface area contributed by atoms with Crippen LogP contribution in [0.5, 0.6) is 11.5 Å². The molecule has 4 aromatic carbocycles. The van der Waals surface area contributed by atoms with Gasteiger partial charge in [0, 0.05) is 5.39 Å². The Labute approximate surface area is 202 Å². The lowest BCUT2D eigenvalue weighted by Gasteiger charge is -2.11. The Kier molecular flexibility index (Phi) is 7.59. The van der Waals surface area contributed by atoms with Crippen molar-refractivity contribution in [1.29, 1.82) is 0 Å². The van der Waals surface area contributed by atoms with Gasteiger partial charge in [-0.25, -0.2) is 4.39 Å². The number of aryl methyl sites for hydroxylation is 2. The third kappa shape index (κ3) is 6.53. The Bertz CT molecular complexity index is 1260. The number of benzene rings is 4. The minimum Gasteiger partial charge on any atom is -0.494 e. The molecule has 0 heterocycles. The Hall–Kier alpha value is -3.54. The van der Waals surface area contributed by atoms with Crippen molar-refractivity contribution in [1.82, 2.24) is 0 Å². The van der Waals surface area contributed by atoms with Gasteiger partial charge in [-0.1, -0.05) is 55.5 Å². The van der Waals surface area contributed by atoms with Crippen molar-refractivity contribution in [3.05, 3.63) is 95.8 Å². The van der Waals surface area contributed by atoms with Crippen LogP contribution >= 0.6 is 0 Å². The van der Waals surface area contributed by atoms with Crippen molar-refractivity contribution in [2.75, 3.05) is 13.2 Å². The van der Waals surface area contributed by atoms with Gasteiger partial charge in [0.25, 0.3) is 0 Å². The summed E-state index contributed by atoms with van der Waals surface area (Å²) in [5.74, 6) is 0.736. The average molecular weight is 483 g/mol. The highest BCUT2D eigenvalue weighted by Gasteiger charge is 2.28. The lowest BCUT2D eigenvalue weighted by Crippen LogP contribution is -2.19. The Morgan fingerprint density at radius 2 is 1.37 bits per heavy atom. The third-order valence-electron chi connectivity index (χ3n) is 5.70. The van der Waals surface area contributed by atoms with E-state index in [1.807, 2.05) is 42.5 Å². The summed E-state index contributed by atoms with van der Waals surface area (Å²) in [6, 6.07) is 23.7. The molecule has 0 spiro atoms. The van der Waals surface area contributed by atoms with Gasteiger partial charge in [0.1, 0.15) is 17.3 Å². The van der Waals surface area contributed by atoms with Gasteiger partial charge >= 0.3 is 6.18 Å². The Morgan fingerprint density at radius 1 is 0.714 bits per heavy atom. The second-order valence-corrected chi connectivity index (χ2v) is 8.40. The minimum absolute atomic E-state index is 0.155. The van der Waals surface area contributed by atoms with Crippen LogP contribution in [0.15, 0.2) is 78.9 Å². The van der Waals surface area contributed by atoms with Gasteiger partial charge in [0.15, 0.2) is 6.61 Å². The van der Waals surface area contributed by atoms with E-state index in [9.17, 15) is 13.2 Å². The van der Waals surface area contributed by atoms with E-state index in [4.69, 9.17) is 9.47 Å². The maximum absolute atomic E-state index is 15.2. The number of alkyl halides is 3. The van der Waals surface area contributed by atoms with Crippen molar-refractivity contribution in [2.45, 2.75) is 32.4 Å². The molecule has 0 radical (unpaired) electrons. The molecular weight excluding hydrogens is 456 g/mol. The van der Waals surface area contributed by atoms with E-state index < -0.39 is 12.8 Å². The molecule has 0 aliphatic rings. The smallest absolute Gasteiger partial charge is 0.422 e. The summed E-state index contributed by atoms with van der Waals surface area (Å²) in [6.07, 6.45) is -2.38. The van der Waals surface area contributed by atoms with Crippen LogP contribution < -0.4 is 9.47 Å². The van der Waals surface area contributed by atoms with Crippen LogP contribution in [0.1, 0.15) is 24.5 Å². The number of hydrogen-bond acceptors (Lipinski definition) is 2. The number of hydrogen-bond donors (Lipinski definition) is 0. The fourth-order valence-electron chi connectivity index (χ4n) is 3.87. The summed E-state index contributed by atoms with van der Waals surface area (Å²) < 4.78 is 62.4. The monoisotopic (exact) mass is 482 g/mol. The number of ether oxygens (including phenoxy) is 2. The van der Waals surface area contributed by atoms with Crippen molar-refractivity contribution >= 4 is 10.8 Å². The Morgan fingerprint density at radius 3 is 2.06 bits per heavy atom. The summed E-state index contributed by atoms with van der Waals surface area (Å²) in [5.41, 5.74) is 3.52. The number of fused-ring (bicyclic) bond motifs is 1. The lowest BCUT2D eigenvalue weighted by atomic mass is 9.97. The molecule has 4 rings (SSSR count). The van der Waals surface area contributed by atoms with Crippen molar-refractivity contribution in [2.24, 2.45) is 0 Å². The zero-order valence-electron chi connectivity index (χ0n) is 19.4. The van der Waals surface area contributed by atoms with Gasteiger partial charge in [0.2, 0.25) is 0 Å². The molecule has 0 unspecified atom stereocenters. The molecule has 2 nitrogen and oxygen atoms in total. The summed E-state index contributed by atoms with van der Waals surface area (Å²) in [5, 5.41) is 1.38. The lowest BCUT2D eigenvalue weighted by molar-refractivity contribution is -0.153. The van der Waals surface area contributed by atoms with Crippen LogP contribution in [-0.2, 0) is 12.8 Å². The summed E-state index contributed by atoms with van der Waals surface area (Å²) >= 11 is 0. The normalized spacial score (nSPS) is 11.6. The van der Waals surface area contributed by atoms with Gasteiger partial charge in [0.05, 0.1) is 6.61 Å². The van der Waals surface area contributed by atoms with E-state index in [-0.39, 0.29) is 11.6 Å². The molecule has 0 amide bonds. The minimum atomic E-state index is -4.37. The molecule has 0 bridgehead atoms. The standard InChI is InChI=1S/C29H26F4O2/c1-2-17-34-25-14-9-21(10-15-25)23-11-16-27-24(18-23)8-7-22(28(27)30)6-3-20-4-12-26(13-5-20)35-19-29(31,32)33/h4-5,7-16,18H,2-3,6,17,19H2,1H3. The second kappa shape index (κ2) is 10.8. The van der Waals surface area contributed by atoms with Crippen molar-refractivity contribution in [3.63, 3.8) is 0 Å². The van der Waals surface area contributed by atoms with Gasteiger partial charge in [-0.2, -0.15) is 13.2 Å². The number of rotatable bonds is 9. The molecule has 0 saturated carbocycles. The maximum atomic E-state index is 15.2. The SMILES string of the molecule is CCCOc1ccc(-c2ccc3c(F)c(CCc4ccc(OCC(F)(F)F)cc4)ccc3c2)cc1. The molecule has 4 aromatic rings. The fraction of sp³-hybridized carbons (Fsp3) is 0.241. The Balaban J connectivity index is 1.43. The fourth-order valence-corrected chi connectivity index (χ4v) is 3.87. The molecule has 0 saturated heterocycles. The number of halogens is 4. The van der Waals surface area contributed by atoms with E-state index in [2.05, 4.69) is 6.92 Å². The highest BCUT2D eigenvalue weighted by Crippen LogP contribution is 2.29. The summed E-state index contributed by atoms with van der Waals surface area (Å²) in [4.78, 5) is 0. The second-order valence-electron chi connectivity index (χ2n) is 8.40. The van der Waals surface area contributed by atoms with E-state index in [0.717, 1.165) is 34.2 Å². The molecule has 0 aromatic heterocycles. The van der Waals surface area contributed by atoms with E-state index in [1.54, 1.807) is 24.3 Å². The van der Waals surface area contributed by atoms with E-state index in [1.165, 1.54) is 12.1 Å². The third-order valence-corrected chi connectivity index (χ3v) is 5.70.